The SMILES string of the molecule is CC(=O)[C@@]1(O)CCC2C3C[C@@H](O)C4=CC(=O)CC[C@]4(C)C3[C@H](O)C[C@@]21C. The summed E-state index contributed by atoms with van der Waals surface area (Å²) in [5, 5.41) is 33.1. The van der Waals surface area contributed by atoms with E-state index >= 15 is 0 Å². The molecule has 0 aromatic rings. The number of aliphatic hydroxyl groups excluding tert-OH is 2. The third-order valence-electron chi connectivity index (χ3n) is 8.65. The largest absolute Gasteiger partial charge is 0.393 e. The molecule has 0 heterocycles. The summed E-state index contributed by atoms with van der Waals surface area (Å²) in [6, 6.07) is 0. The van der Waals surface area contributed by atoms with Crippen LogP contribution in [0.3, 0.4) is 0 Å². The Bertz CT molecular complexity index is 699. The van der Waals surface area contributed by atoms with Crippen LogP contribution in [-0.2, 0) is 9.59 Å². The highest BCUT2D eigenvalue weighted by molar-refractivity contribution is 5.92. The zero-order valence-electron chi connectivity index (χ0n) is 15.9. The van der Waals surface area contributed by atoms with Crippen LogP contribution in [0, 0.1) is 28.6 Å². The molecule has 0 bridgehead atoms. The van der Waals surface area contributed by atoms with E-state index in [0.29, 0.717) is 32.1 Å². The minimum absolute atomic E-state index is 0.0439. The molecule has 3 fully saturated rings. The number of fused-ring (bicyclic) bond motifs is 5. The second-order valence-corrected chi connectivity index (χ2v) is 9.68. The molecule has 26 heavy (non-hydrogen) atoms. The van der Waals surface area contributed by atoms with Crippen molar-refractivity contribution in [1.29, 1.82) is 0 Å². The van der Waals surface area contributed by atoms with Crippen LogP contribution in [0.5, 0.6) is 0 Å². The van der Waals surface area contributed by atoms with Crippen LogP contribution in [0.4, 0.5) is 0 Å². The summed E-state index contributed by atoms with van der Waals surface area (Å²) in [5.74, 6) is -0.0768. The van der Waals surface area contributed by atoms with Gasteiger partial charge in [0.25, 0.3) is 0 Å². The number of aliphatic hydroxyl groups is 3. The Kier molecular flexibility index (Phi) is 3.87. The molecule has 0 spiro atoms. The highest BCUT2D eigenvalue weighted by atomic mass is 16.3. The highest BCUT2D eigenvalue weighted by Crippen LogP contribution is 2.67. The van der Waals surface area contributed by atoms with Gasteiger partial charge in [0.05, 0.1) is 12.2 Å². The summed E-state index contributed by atoms with van der Waals surface area (Å²) in [7, 11) is 0. The number of carbonyl (C=O) groups excluding carboxylic acids is 2. The zero-order chi connectivity index (χ0) is 19.1. The van der Waals surface area contributed by atoms with Crippen molar-refractivity contribution >= 4 is 11.6 Å². The van der Waals surface area contributed by atoms with E-state index < -0.39 is 28.6 Å². The molecule has 0 radical (unpaired) electrons. The number of hydrogen-bond acceptors (Lipinski definition) is 5. The van der Waals surface area contributed by atoms with Gasteiger partial charge in [-0.3, -0.25) is 9.59 Å². The Morgan fingerprint density at radius 2 is 1.92 bits per heavy atom. The molecule has 3 unspecified atom stereocenters. The molecule has 144 valence electrons. The van der Waals surface area contributed by atoms with E-state index in [2.05, 4.69) is 6.92 Å². The first-order valence-electron chi connectivity index (χ1n) is 9.89. The first-order chi connectivity index (χ1) is 12.0. The molecule has 3 N–H and O–H groups in total. The zero-order valence-corrected chi connectivity index (χ0v) is 15.9. The first-order valence-corrected chi connectivity index (χ1v) is 9.89. The monoisotopic (exact) mass is 362 g/mol. The van der Waals surface area contributed by atoms with Gasteiger partial charge in [0, 0.05) is 11.8 Å². The summed E-state index contributed by atoms with van der Waals surface area (Å²) < 4.78 is 0. The van der Waals surface area contributed by atoms with Crippen molar-refractivity contribution < 1.29 is 24.9 Å². The van der Waals surface area contributed by atoms with Gasteiger partial charge in [0.15, 0.2) is 11.6 Å². The Labute approximate surface area is 154 Å². The van der Waals surface area contributed by atoms with Crippen LogP contribution >= 0.6 is 0 Å². The van der Waals surface area contributed by atoms with Gasteiger partial charge in [-0.2, -0.15) is 0 Å². The summed E-state index contributed by atoms with van der Waals surface area (Å²) in [6.07, 6.45) is 3.40. The standard InChI is InChI=1S/C21H30O5/c1-11(22)21(26)7-5-14-13-9-16(24)15-8-12(23)4-6-19(15,2)18(13)17(25)10-20(14,21)3/h8,13-14,16-18,24-26H,4-7,9-10H2,1-3H3/t13?,14?,16-,17-,18?,19+,20+,21+/m1/s1. The van der Waals surface area contributed by atoms with Crippen molar-refractivity contribution in [2.75, 3.05) is 0 Å². The van der Waals surface area contributed by atoms with E-state index in [4.69, 9.17) is 0 Å². The van der Waals surface area contributed by atoms with Gasteiger partial charge >= 0.3 is 0 Å². The molecule has 0 aliphatic heterocycles. The maximum Gasteiger partial charge on any atom is 0.161 e. The third kappa shape index (κ3) is 2.08. The van der Waals surface area contributed by atoms with Crippen LogP contribution in [0.2, 0.25) is 0 Å². The molecule has 4 aliphatic carbocycles. The van der Waals surface area contributed by atoms with Crippen LogP contribution in [0.1, 0.15) is 59.3 Å². The third-order valence-corrected chi connectivity index (χ3v) is 8.65. The summed E-state index contributed by atoms with van der Waals surface area (Å²) in [4.78, 5) is 24.2. The molecule has 0 aromatic carbocycles. The van der Waals surface area contributed by atoms with Crippen LogP contribution in [0.25, 0.3) is 0 Å². The van der Waals surface area contributed by atoms with Crippen molar-refractivity contribution in [1.82, 2.24) is 0 Å². The molecule has 5 nitrogen and oxygen atoms in total. The van der Waals surface area contributed by atoms with Crippen molar-refractivity contribution in [3.05, 3.63) is 11.6 Å². The lowest BCUT2D eigenvalue weighted by molar-refractivity contribution is -0.184. The first kappa shape index (κ1) is 18.3. The lowest BCUT2D eigenvalue weighted by Crippen LogP contribution is -2.62. The highest BCUT2D eigenvalue weighted by Gasteiger charge is 2.68. The lowest BCUT2D eigenvalue weighted by Gasteiger charge is -2.61. The fourth-order valence-electron chi connectivity index (χ4n) is 7.32. The van der Waals surface area contributed by atoms with E-state index in [1.54, 1.807) is 6.08 Å². The van der Waals surface area contributed by atoms with Gasteiger partial charge in [0.1, 0.15) is 5.60 Å². The second-order valence-electron chi connectivity index (χ2n) is 9.68. The van der Waals surface area contributed by atoms with Crippen molar-refractivity contribution in [3.63, 3.8) is 0 Å². The van der Waals surface area contributed by atoms with Gasteiger partial charge in [-0.05, 0) is 73.8 Å². The van der Waals surface area contributed by atoms with Gasteiger partial charge in [-0.15, -0.1) is 0 Å². The minimum Gasteiger partial charge on any atom is -0.393 e. The summed E-state index contributed by atoms with van der Waals surface area (Å²) in [6.45, 7) is 5.45. The average molecular weight is 362 g/mol. The molecule has 8 atom stereocenters. The molecular formula is C21H30O5. The quantitative estimate of drug-likeness (QED) is 0.661. The van der Waals surface area contributed by atoms with E-state index in [1.807, 2.05) is 6.92 Å². The van der Waals surface area contributed by atoms with Gasteiger partial charge in [-0.1, -0.05) is 13.8 Å². The Morgan fingerprint density at radius 3 is 2.58 bits per heavy atom. The normalized spacial score (nSPS) is 53.4. The smallest absolute Gasteiger partial charge is 0.161 e. The van der Waals surface area contributed by atoms with E-state index in [1.165, 1.54) is 6.92 Å². The van der Waals surface area contributed by atoms with Crippen LogP contribution < -0.4 is 0 Å². The number of rotatable bonds is 1. The maximum absolute atomic E-state index is 12.3. The molecule has 0 saturated heterocycles. The number of ketones is 2. The molecule has 4 aliphatic rings. The number of Topliss-reactive ketones (excluding diaryl/α,β-unsaturated/α-hetero) is 1. The van der Waals surface area contributed by atoms with Crippen molar-refractivity contribution in [2.45, 2.75) is 77.1 Å². The van der Waals surface area contributed by atoms with Gasteiger partial charge in [-0.25, -0.2) is 0 Å². The van der Waals surface area contributed by atoms with Crippen LogP contribution in [-0.4, -0.2) is 44.7 Å². The molecule has 0 aromatic heterocycles. The summed E-state index contributed by atoms with van der Waals surface area (Å²) in [5.41, 5.74) is -1.68. The van der Waals surface area contributed by atoms with E-state index in [9.17, 15) is 24.9 Å². The average Bonchev–Trinajstić information content (AvgIpc) is 2.81. The Morgan fingerprint density at radius 1 is 1.23 bits per heavy atom. The minimum atomic E-state index is -1.39. The predicted molar refractivity (Wildman–Crippen MR) is 95.1 cm³/mol. The molecule has 5 heteroatoms. The molecule has 3 saturated carbocycles. The maximum atomic E-state index is 12.3. The fraction of sp³-hybridized carbons (Fsp3) is 0.810. The topological polar surface area (TPSA) is 94.8 Å². The predicted octanol–water partition coefficient (Wildman–Crippen LogP) is 1.78. The van der Waals surface area contributed by atoms with Gasteiger partial charge < -0.3 is 15.3 Å². The van der Waals surface area contributed by atoms with Gasteiger partial charge in [0.2, 0.25) is 0 Å². The molecule has 4 rings (SSSR count). The number of carbonyl (C=O) groups is 2. The summed E-state index contributed by atoms with van der Waals surface area (Å²) >= 11 is 0. The number of hydrogen-bond donors (Lipinski definition) is 3. The fourth-order valence-corrected chi connectivity index (χ4v) is 7.32. The van der Waals surface area contributed by atoms with Crippen molar-refractivity contribution in [3.8, 4) is 0 Å². The van der Waals surface area contributed by atoms with E-state index in [-0.39, 0.29) is 29.3 Å². The lowest BCUT2D eigenvalue weighted by atomic mass is 9.45. The van der Waals surface area contributed by atoms with E-state index in [0.717, 1.165) is 12.0 Å². The Balaban J connectivity index is 1.79. The molecular weight excluding hydrogens is 332 g/mol. The second kappa shape index (κ2) is 5.49. The van der Waals surface area contributed by atoms with Crippen LogP contribution in [0.15, 0.2) is 11.6 Å². The van der Waals surface area contributed by atoms with Crippen molar-refractivity contribution in [2.24, 2.45) is 28.6 Å². The molecule has 0 amide bonds. The Hall–Kier alpha value is -1.04.